The van der Waals surface area contributed by atoms with Gasteiger partial charge in [0.1, 0.15) is 11.6 Å². The third-order valence-corrected chi connectivity index (χ3v) is 11.1. The minimum atomic E-state index is -0.604. The predicted molar refractivity (Wildman–Crippen MR) is 174 cm³/mol. The SMILES string of the molecule is NC1CCCC[C@H](N)C(=O)N2CCC[C@H]2Cc2c3n(c4cc(F)ccc24)CCn2c-3c(c3ccc(F)cc32)C[C@@H]2CCCN2C1=O. The molecule has 8 rings (SSSR count). The summed E-state index contributed by atoms with van der Waals surface area (Å²) in [5.41, 5.74) is 18.8. The van der Waals surface area contributed by atoms with Gasteiger partial charge < -0.3 is 30.4 Å². The molecule has 10 heteroatoms. The quantitative estimate of drug-likeness (QED) is 0.291. The molecule has 8 nitrogen and oxygen atoms in total. The number of carbonyl (C=O) groups is 2. The summed E-state index contributed by atoms with van der Waals surface area (Å²) >= 11 is 0. The van der Waals surface area contributed by atoms with Gasteiger partial charge in [0.05, 0.1) is 34.5 Å². The molecule has 2 aromatic heterocycles. The van der Waals surface area contributed by atoms with E-state index >= 15 is 0 Å². The average Bonchev–Trinajstić information content (AvgIpc) is 3.83. The second-order valence-corrected chi connectivity index (χ2v) is 13.8. The van der Waals surface area contributed by atoms with E-state index in [2.05, 4.69) is 9.13 Å². The van der Waals surface area contributed by atoms with Crippen molar-refractivity contribution in [3.8, 4) is 11.4 Å². The van der Waals surface area contributed by atoms with E-state index in [9.17, 15) is 18.4 Å². The minimum Gasteiger partial charge on any atom is -0.338 e. The molecule has 2 fully saturated rings. The van der Waals surface area contributed by atoms with E-state index in [0.717, 1.165) is 82.8 Å². The zero-order chi connectivity index (χ0) is 31.7. The lowest BCUT2D eigenvalue weighted by molar-refractivity contribution is -0.134. The third-order valence-electron chi connectivity index (χ3n) is 11.1. The van der Waals surface area contributed by atoms with Crippen LogP contribution in [0, 0.1) is 11.6 Å². The summed E-state index contributed by atoms with van der Waals surface area (Å²) in [5.74, 6) is -0.646. The lowest BCUT2D eigenvalue weighted by Gasteiger charge is -2.30. The molecule has 0 spiro atoms. The van der Waals surface area contributed by atoms with Crippen LogP contribution in [0.25, 0.3) is 33.2 Å². The van der Waals surface area contributed by atoms with Crippen LogP contribution >= 0.6 is 0 Å². The van der Waals surface area contributed by atoms with Crippen LogP contribution < -0.4 is 11.5 Å². The van der Waals surface area contributed by atoms with Gasteiger partial charge in [-0.3, -0.25) is 9.59 Å². The highest BCUT2D eigenvalue weighted by Crippen LogP contribution is 2.45. The van der Waals surface area contributed by atoms with Gasteiger partial charge in [-0.2, -0.15) is 0 Å². The molecule has 242 valence electrons. The predicted octanol–water partition coefficient (Wildman–Crippen LogP) is 4.85. The summed E-state index contributed by atoms with van der Waals surface area (Å²) in [6.07, 6.45) is 7.40. The highest BCUT2D eigenvalue weighted by Gasteiger charge is 2.38. The molecule has 0 saturated carbocycles. The fourth-order valence-corrected chi connectivity index (χ4v) is 8.96. The van der Waals surface area contributed by atoms with Crippen molar-refractivity contribution < 1.29 is 18.4 Å². The first kappa shape index (κ1) is 29.6. The Morgan fingerprint density at radius 1 is 0.587 bits per heavy atom. The van der Waals surface area contributed by atoms with E-state index in [1.54, 1.807) is 12.1 Å². The maximum atomic E-state index is 14.8. The van der Waals surface area contributed by atoms with Gasteiger partial charge in [-0.15, -0.1) is 0 Å². The highest BCUT2D eigenvalue weighted by atomic mass is 19.1. The smallest absolute Gasteiger partial charge is 0.239 e. The number of hydrogen-bond donors (Lipinski definition) is 2. The summed E-state index contributed by atoms with van der Waals surface area (Å²) in [6.45, 7) is 2.56. The van der Waals surface area contributed by atoms with Crippen LogP contribution in [0.15, 0.2) is 36.4 Å². The van der Waals surface area contributed by atoms with Crippen molar-refractivity contribution >= 4 is 33.6 Å². The number of hydrogen-bond acceptors (Lipinski definition) is 4. The summed E-state index contributed by atoms with van der Waals surface area (Å²) < 4.78 is 34.1. The van der Waals surface area contributed by atoms with Crippen LogP contribution in [-0.2, 0) is 35.5 Å². The molecule has 1 unspecified atom stereocenters. The molecule has 6 heterocycles. The van der Waals surface area contributed by atoms with Gasteiger partial charge in [0.25, 0.3) is 0 Å². The first-order valence-electron chi connectivity index (χ1n) is 17.0. The summed E-state index contributed by atoms with van der Waals surface area (Å²) in [5, 5.41) is 1.96. The van der Waals surface area contributed by atoms with Crippen LogP contribution in [0.4, 0.5) is 8.78 Å². The minimum absolute atomic E-state index is 0.0187. The topological polar surface area (TPSA) is 103 Å². The average molecular weight is 629 g/mol. The number of aryl methyl sites for hydroxylation is 2. The van der Waals surface area contributed by atoms with E-state index < -0.39 is 12.1 Å². The van der Waals surface area contributed by atoms with Crippen molar-refractivity contribution in [3.05, 3.63) is 59.2 Å². The maximum absolute atomic E-state index is 14.8. The lowest BCUT2D eigenvalue weighted by Crippen LogP contribution is -2.47. The van der Waals surface area contributed by atoms with E-state index in [-0.39, 0.29) is 35.5 Å². The van der Waals surface area contributed by atoms with Crippen molar-refractivity contribution in [2.24, 2.45) is 11.5 Å². The number of carbonyl (C=O) groups excluding carboxylic acids is 2. The Labute approximate surface area is 267 Å². The van der Waals surface area contributed by atoms with E-state index in [4.69, 9.17) is 11.5 Å². The first-order chi connectivity index (χ1) is 22.3. The molecule has 46 heavy (non-hydrogen) atoms. The van der Waals surface area contributed by atoms with Crippen molar-refractivity contribution in [3.63, 3.8) is 0 Å². The number of nitrogens with zero attached hydrogens (tertiary/aromatic N) is 4. The second-order valence-electron chi connectivity index (χ2n) is 13.8. The molecule has 4 aliphatic rings. The number of amides is 2. The fourth-order valence-electron chi connectivity index (χ4n) is 8.96. The molecule has 2 amide bonds. The molecule has 4 N–H and O–H groups in total. The van der Waals surface area contributed by atoms with Crippen LogP contribution in [0.1, 0.15) is 62.5 Å². The lowest BCUT2D eigenvalue weighted by atomic mass is 9.94. The fraction of sp³-hybridized carbons (Fsp3) is 0.500. The summed E-state index contributed by atoms with van der Waals surface area (Å²) in [4.78, 5) is 31.4. The standard InChI is InChI=1S/C36H42F2N6O2/c37-21-9-11-25-27-19-23-5-3-13-41(23)35(45)29(39)7-1-2-8-30(40)36(46)42-14-4-6-24(42)20-28-26-12-10-22(38)18-32(26)44-16-15-43(31(25)17-21)33(27)34(28)44/h9-12,17-18,23-24,29-30H,1-8,13-16,19-20,39-40H2/t23-,24-,29-,30?/m0/s1. The Morgan fingerprint density at radius 3 is 1.46 bits per heavy atom. The van der Waals surface area contributed by atoms with Gasteiger partial charge in [0, 0.05) is 49.0 Å². The highest BCUT2D eigenvalue weighted by molar-refractivity contribution is 5.98. The molecular formula is C36H42F2N6O2. The zero-order valence-corrected chi connectivity index (χ0v) is 26.2. The number of benzene rings is 2. The number of rotatable bonds is 0. The molecule has 4 aliphatic heterocycles. The second kappa shape index (κ2) is 11.5. The maximum Gasteiger partial charge on any atom is 0.239 e. The Morgan fingerprint density at radius 2 is 1.02 bits per heavy atom. The van der Waals surface area contributed by atoms with Crippen molar-refractivity contribution in [2.45, 2.75) is 101 Å². The molecular weight excluding hydrogens is 586 g/mol. The number of nitrogens with two attached hydrogens (primary N) is 2. The Hall–Kier alpha value is -3.76. The monoisotopic (exact) mass is 628 g/mol. The van der Waals surface area contributed by atoms with Crippen molar-refractivity contribution in [2.75, 3.05) is 13.1 Å². The number of aromatic nitrogens is 2. The molecule has 2 saturated heterocycles. The number of fused-ring (bicyclic) bond motifs is 8. The van der Waals surface area contributed by atoms with Crippen LogP contribution in [0.2, 0.25) is 0 Å². The van der Waals surface area contributed by atoms with Crippen LogP contribution in [0.5, 0.6) is 0 Å². The van der Waals surface area contributed by atoms with Gasteiger partial charge in [-0.25, -0.2) is 8.78 Å². The van der Waals surface area contributed by atoms with Gasteiger partial charge in [0.2, 0.25) is 11.8 Å². The van der Waals surface area contributed by atoms with Crippen molar-refractivity contribution in [1.29, 1.82) is 0 Å². The molecule has 0 bridgehead atoms. The summed E-state index contributed by atoms with van der Waals surface area (Å²) in [6, 6.07) is 8.75. The first-order valence-corrected chi connectivity index (χ1v) is 17.0. The van der Waals surface area contributed by atoms with Crippen LogP contribution in [-0.4, -0.2) is 68.0 Å². The van der Waals surface area contributed by atoms with Gasteiger partial charge in [0.15, 0.2) is 0 Å². The van der Waals surface area contributed by atoms with E-state index in [1.165, 1.54) is 12.1 Å². The van der Waals surface area contributed by atoms with E-state index in [1.807, 2.05) is 21.9 Å². The van der Waals surface area contributed by atoms with Gasteiger partial charge in [-0.1, -0.05) is 12.8 Å². The Bertz CT molecular complexity index is 1730. The van der Waals surface area contributed by atoms with Gasteiger partial charge in [-0.05, 0) is 98.9 Å². The van der Waals surface area contributed by atoms with Gasteiger partial charge >= 0.3 is 0 Å². The Balaban J connectivity index is 1.35. The largest absolute Gasteiger partial charge is 0.338 e. The molecule has 4 aromatic rings. The third kappa shape index (κ3) is 4.75. The number of halogens is 2. The summed E-state index contributed by atoms with van der Waals surface area (Å²) in [7, 11) is 0. The Kier molecular flexibility index (Phi) is 7.40. The molecule has 4 atom stereocenters. The van der Waals surface area contributed by atoms with E-state index in [0.29, 0.717) is 51.9 Å². The van der Waals surface area contributed by atoms with Crippen molar-refractivity contribution in [1.82, 2.24) is 18.9 Å². The zero-order valence-electron chi connectivity index (χ0n) is 26.2. The molecule has 2 aromatic carbocycles. The van der Waals surface area contributed by atoms with Crippen LogP contribution in [0.3, 0.4) is 0 Å². The normalized spacial score (nSPS) is 25.9. The molecule has 0 aliphatic carbocycles. The molecule has 0 radical (unpaired) electrons.